The first kappa shape index (κ1) is 23.8. The molecule has 168 valence electrons. The molecule has 0 bridgehead atoms. The van der Waals surface area contributed by atoms with Gasteiger partial charge in [0.1, 0.15) is 5.82 Å². The van der Waals surface area contributed by atoms with Crippen molar-refractivity contribution in [3.63, 3.8) is 0 Å². The molecular weight excluding hydrogens is 446 g/mol. The van der Waals surface area contributed by atoms with Gasteiger partial charge in [0.15, 0.2) is 0 Å². The van der Waals surface area contributed by atoms with E-state index in [-0.39, 0.29) is 22.1 Å². The van der Waals surface area contributed by atoms with Crippen LogP contribution in [-0.4, -0.2) is 31.3 Å². The van der Waals surface area contributed by atoms with Crippen molar-refractivity contribution in [3.8, 4) is 0 Å². The maximum atomic E-state index is 14.3. The molecule has 0 aliphatic carbocycles. The van der Waals surface area contributed by atoms with Crippen LogP contribution in [0.15, 0.2) is 64.7 Å². The van der Waals surface area contributed by atoms with Gasteiger partial charge >= 0.3 is 0 Å². The number of carbonyl (C=O) groups is 2. The zero-order valence-electron chi connectivity index (χ0n) is 17.8. The van der Waals surface area contributed by atoms with Crippen LogP contribution in [0.4, 0.5) is 15.8 Å². The molecule has 1 saturated heterocycles. The Morgan fingerprint density at radius 3 is 2.66 bits per heavy atom. The van der Waals surface area contributed by atoms with Crippen molar-refractivity contribution in [1.29, 1.82) is 0 Å². The number of nitrogens with two attached hydrogens (primary N) is 1. The fourth-order valence-electron chi connectivity index (χ4n) is 3.29. The van der Waals surface area contributed by atoms with Crippen LogP contribution in [0.1, 0.15) is 23.7 Å². The Kier molecular flexibility index (Phi) is 7.94. The number of anilines is 2. The molecule has 1 fully saturated rings. The largest absolute Gasteiger partial charge is 0.401 e. The van der Waals surface area contributed by atoms with Crippen LogP contribution in [0.25, 0.3) is 0 Å². The van der Waals surface area contributed by atoms with E-state index in [4.69, 9.17) is 5.73 Å². The Balaban J connectivity index is 1.69. The van der Waals surface area contributed by atoms with Crippen LogP contribution in [0.3, 0.4) is 0 Å². The lowest BCUT2D eigenvalue weighted by molar-refractivity contribution is -0.119. The Bertz CT molecular complexity index is 1050. The minimum atomic E-state index is -0.599. The fourth-order valence-corrected chi connectivity index (χ4v) is 4.44. The number of thioether (sulfide) groups is 1. The summed E-state index contributed by atoms with van der Waals surface area (Å²) in [6.07, 6.45) is 0.890. The van der Waals surface area contributed by atoms with Gasteiger partial charge in [-0.1, -0.05) is 30.5 Å². The van der Waals surface area contributed by atoms with Crippen molar-refractivity contribution in [2.24, 2.45) is 5.73 Å². The van der Waals surface area contributed by atoms with Gasteiger partial charge in [0.25, 0.3) is 0 Å². The van der Waals surface area contributed by atoms with Gasteiger partial charge in [-0.05, 0) is 49.0 Å². The Morgan fingerprint density at radius 1 is 1.28 bits per heavy atom. The molecular formula is C23H26FN4O2PS. The molecule has 6 nitrogen and oxygen atoms in total. The number of halogens is 1. The monoisotopic (exact) mass is 472 g/mol. The average molecular weight is 473 g/mol. The lowest BCUT2D eigenvalue weighted by Crippen LogP contribution is -2.32. The molecule has 2 aromatic rings. The van der Waals surface area contributed by atoms with Crippen molar-refractivity contribution in [2.45, 2.75) is 13.3 Å². The molecule has 1 aliphatic heterocycles. The third kappa shape index (κ3) is 5.90. The standard InChI is InChI=1S/C23H26FN4O2PS/c1-14(25)23(22(30)21-18(24)5-3-6-19(21)31)32-15(2)27-16-7-9-17(10-8-16)28-12-4-11-26-20(29)13-28/h3,5-10,27H,2,4,11-13,25,31H2,1H3,(H,26,29)/b23-14+. The molecule has 1 heterocycles. The summed E-state index contributed by atoms with van der Waals surface area (Å²) in [7, 11) is 2.37. The predicted molar refractivity (Wildman–Crippen MR) is 134 cm³/mol. The smallest absolute Gasteiger partial charge is 0.239 e. The second-order valence-corrected chi connectivity index (χ2v) is 9.09. The highest BCUT2D eigenvalue weighted by atomic mass is 32.2. The summed E-state index contributed by atoms with van der Waals surface area (Å²) in [4.78, 5) is 27.0. The Morgan fingerprint density at radius 2 is 2.00 bits per heavy atom. The zero-order valence-corrected chi connectivity index (χ0v) is 19.8. The predicted octanol–water partition coefficient (Wildman–Crippen LogP) is 3.34. The van der Waals surface area contributed by atoms with E-state index >= 15 is 0 Å². The molecule has 32 heavy (non-hydrogen) atoms. The van der Waals surface area contributed by atoms with Gasteiger partial charge in [-0.25, -0.2) is 4.39 Å². The first-order valence-electron chi connectivity index (χ1n) is 10.1. The molecule has 2 aromatic carbocycles. The fraction of sp³-hybridized carbons (Fsp3) is 0.217. The van der Waals surface area contributed by atoms with Crippen LogP contribution in [0, 0.1) is 5.82 Å². The van der Waals surface area contributed by atoms with Crippen LogP contribution >= 0.6 is 21.0 Å². The zero-order chi connectivity index (χ0) is 23.3. The summed E-state index contributed by atoms with van der Waals surface area (Å²) < 4.78 is 14.3. The van der Waals surface area contributed by atoms with Gasteiger partial charge in [0, 0.05) is 30.2 Å². The van der Waals surface area contributed by atoms with E-state index in [0.717, 1.165) is 36.1 Å². The molecule has 4 N–H and O–H groups in total. The van der Waals surface area contributed by atoms with Gasteiger partial charge in [-0.15, -0.1) is 9.24 Å². The van der Waals surface area contributed by atoms with Gasteiger partial charge in [0.05, 0.1) is 22.0 Å². The highest BCUT2D eigenvalue weighted by Crippen LogP contribution is 2.31. The van der Waals surface area contributed by atoms with Crippen molar-refractivity contribution < 1.29 is 14.0 Å². The van der Waals surface area contributed by atoms with Crippen LogP contribution in [-0.2, 0) is 4.79 Å². The average Bonchev–Trinajstić information content (AvgIpc) is 2.96. The van der Waals surface area contributed by atoms with E-state index in [1.165, 1.54) is 6.07 Å². The number of amides is 1. The summed E-state index contributed by atoms with van der Waals surface area (Å²) in [5.74, 6) is -1.08. The summed E-state index contributed by atoms with van der Waals surface area (Å²) in [5.41, 5.74) is 7.92. The molecule has 0 aromatic heterocycles. The molecule has 3 rings (SSSR count). The number of rotatable bonds is 7. The highest BCUT2D eigenvalue weighted by Gasteiger charge is 2.22. The second-order valence-electron chi connectivity index (χ2n) is 7.37. The van der Waals surface area contributed by atoms with E-state index in [9.17, 15) is 14.0 Å². The van der Waals surface area contributed by atoms with Gasteiger partial charge in [-0.3, -0.25) is 9.59 Å². The molecule has 1 unspecified atom stereocenters. The maximum Gasteiger partial charge on any atom is 0.239 e. The number of allylic oxidation sites excluding steroid dienone is 2. The summed E-state index contributed by atoms with van der Waals surface area (Å²) in [6.45, 7) is 7.39. The molecule has 0 saturated carbocycles. The lowest BCUT2D eigenvalue weighted by atomic mass is 10.1. The van der Waals surface area contributed by atoms with E-state index in [2.05, 4.69) is 26.5 Å². The highest BCUT2D eigenvalue weighted by molar-refractivity contribution is 8.07. The minimum Gasteiger partial charge on any atom is -0.401 e. The van der Waals surface area contributed by atoms with Gasteiger partial charge < -0.3 is 21.3 Å². The second kappa shape index (κ2) is 10.7. The molecule has 9 heteroatoms. The quantitative estimate of drug-likeness (QED) is 0.326. The maximum absolute atomic E-state index is 14.3. The molecule has 0 spiro atoms. The summed E-state index contributed by atoms with van der Waals surface area (Å²) in [5, 5.41) is 6.94. The molecule has 1 amide bonds. The third-order valence-electron chi connectivity index (χ3n) is 4.84. The van der Waals surface area contributed by atoms with E-state index < -0.39 is 11.6 Å². The van der Waals surface area contributed by atoms with Gasteiger partial charge in [-0.2, -0.15) is 0 Å². The van der Waals surface area contributed by atoms with Crippen molar-refractivity contribution in [3.05, 3.63) is 76.1 Å². The number of hydrogen-bond donors (Lipinski definition) is 3. The number of nitrogens with one attached hydrogen (secondary N) is 2. The van der Waals surface area contributed by atoms with Crippen molar-refractivity contribution in [2.75, 3.05) is 29.9 Å². The molecule has 1 aliphatic rings. The number of nitrogens with zero attached hydrogens (tertiary/aromatic N) is 1. The Labute approximate surface area is 193 Å². The third-order valence-corrected chi connectivity index (χ3v) is 6.38. The summed E-state index contributed by atoms with van der Waals surface area (Å²) >= 11 is 1.06. The van der Waals surface area contributed by atoms with E-state index in [1.807, 2.05) is 29.2 Å². The van der Waals surface area contributed by atoms with Crippen molar-refractivity contribution in [1.82, 2.24) is 5.32 Å². The van der Waals surface area contributed by atoms with Crippen LogP contribution in [0.5, 0.6) is 0 Å². The first-order chi connectivity index (χ1) is 15.3. The number of carbonyl (C=O) groups excluding carboxylic acids is 2. The SMILES string of the molecule is C=C(Nc1ccc(N2CCCNC(=O)C2)cc1)S/C(C(=O)c1c(F)cccc1P)=C(\C)N. The lowest BCUT2D eigenvalue weighted by Gasteiger charge is -2.21. The Hall–Kier alpha value is -2.83. The molecule has 0 radical (unpaired) electrons. The van der Waals surface area contributed by atoms with Crippen molar-refractivity contribution >= 4 is 49.4 Å². The van der Waals surface area contributed by atoms with Crippen LogP contribution < -0.4 is 26.6 Å². The minimum absolute atomic E-state index is 0.0131. The molecule has 1 atom stereocenters. The van der Waals surface area contributed by atoms with Crippen LogP contribution in [0.2, 0.25) is 0 Å². The van der Waals surface area contributed by atoms with E-state index in [0.29, 0.717) is 23.4 Å². The van der Waals surface area contributed by atoms with Gasteiger partial charge in [0.2, 0.25) is 11.7 Å². The first-order valence-corrected chi connectivity index (χ1v) is 11.5. The summed E-state index contributed by atoms with van der Waals surface area (Å²) in [6, 6.07) is 12.0. The topological polar surface area (TPSA) is 87.5 Å². The number of Topliss-reactive ketones (excluding diaryl/α,β-unsaturated/α-hetero) is 1. The normalized spacial score (nSPS) is 14.8. The number of benzene rings is 2. The number of ketones is 1. The number of hydrogen-bond acceptors (Lipinski definition) is 6. The van der Waals surface area contributed by atoms with E-state index in [1.54, 1.807) is 19.1 Å².